The van der Waals surface area contributed by atoms with Gasteiger partial charge in [0.25, 0.3) is 0 Å². The van der Waals surface area contributed by atoms with Crippen LogP contribution in [0.5, 0.6) is 0 Å². The summed E-state index contributed by atoms with van der Waals surface area (Å²) >= 11 is 0. The van der Waals surface area contributed by atoms with Gasteiger partial charge < -0.3 is 0 Å². The second-order valence-electron chi connectivity index (χ2n) is 3.05. The highest BCUT2D eigenvalue weighted by molar-refractivity contribution is 5.79. The Morgan fingerprint density at radius 3 is 2.21 bits per heavy atom. The molecular formula is C13H9O. The molecule has 1 nitrogen and oxygen atoms in total. The fraction of sp³-hybridized carbons (Fsp3) is 0. The number of rotatable bonds is 2. The fourth-order valence-corrected chi connectivity index (χ4v) is 1.39. The lowest BCUT2D eigenvalue weighted by Gasteiger charge is -2.00. The Morgan fingerprint density at radius 1 is 0.786 bits per heavy atom. The quantitative estimate of drug-likeness (QED) is 0.696. The van der Waals surface area contributed by atoms with Crippen LogP contribution < -0.4 is 0 Å². The highest BCUT2D eigenvalue weighted by Crippen LogP contribution is 2.18. The van der Waals surface area contributed by atoms with E-state index in [9.17, 15) is 4.79 Å². The van der Waals surface area contributed by atoms with Crippen molar-refractivity contribution in [3.8, 4) is 11.1 Å². The molecule has 2 rings (SSSR count). The first kappa shape index (κ1) is 8.70. The Kier molecular flexibility index (Phi) is 2.41. The number of benzene rings is 2. The van der Waals surface area contributed by atoms with Gasteiger partial charge in [-0.1, -0.05) is 48.5 Å². The van der Waals surface area contributed by atoms with E-state index in [0.29, 0.717) is 5.56 Å². The Morgan fingerprint density at radius 2 is 1.50 bits per heavy atom. The third-order valence-electron chi connectivity index (χ3n) is 2.09. The second kappa shape index (κ2) is 3.88. The second-order valence-corrected chi connectivity index (χ2v) is 3.05. The van der Waals surface area contributed by atoms with E-state index >= 15 is 0 Å². The minimum atomic E-state index is 0.589. The monoisotopic (exact) mass is 181 g/mol. The van der Waals surface area contributed by atoms with Crippen molar-refractivity contribution in [3.05, 3.63) is 60.2 Å². The van der Waals surface area contributed by atoms with E-state index in [1.165, 1.54) is 0 Å². The smallest absolute Gasteiger partial charge is 0.233 e. The van der Waals surface area contributed by atoms with Crippen molar-refractivity contribution < 1.29 is 4.79 Å². The van der Waals surface area contributed by atoms with Gasteiger partial charge in [-0.15, -0.1) is 0 Å². The molecule has 0 aliphatic rings. The third-order valence-corrected chi connectivity index (χ3v) is 2.09. The van der Waals surface area contributed by atoms with Crippen LogP contribution in [0, 0.1) is 0 Å². The zero-order chi connectivity index (χ0) is 9.80. The summed E-state index contributed by atoms with van der Waals surface area (Å²) in [7, 11) is 0. The minimum Gasteiger partial charge on any atom is -0.285 e. The molecule has 0 heterocycles. The lowest BCUT2D eigenvalue weighted by atomic mass is 10.0. The van der Waals surface area contributed by atoms with Crippen LogP contribution in [0.25, 0.3) is 11.1 Å². The third kappa shape index (κ3) is 1.72. The topological polar surface area (TPSA) is 17.1 Å². The molecule has 0 saturated carbocycles. The maximum Gasteiger partial charge on any atom is 0.233 e. The molecule has 0 aliphatic carbocycles. The predicted octanol–water partition coefficient (Wildman–Crippen LogP) is 2.81. The minimum absolute atomic E-state index is 0.589. The molecule has 0 aromatic heterocycles. The van der Waals surface area contributed by atoms with Crippen molar-refractivity contribution in [3.63, 3.8) is 0 Å². The molecule has 0 bridgehead atoms. The summed E-state index contributed by atoms with van der Waals surface area (Å²) < 4.78 is 0. The molecule has 1 heteroatoms. The van der Waals surface area contributed by atoms with E-state index in [0.717, 1.165) is 11.1 Å². The highest BCUT2D eigenvalue weighted by Gasteiger charge is 1.97. The van der Waals surface area contributed by atoms with Crippen LogP contribution in [0.3, 0.4) is 0 Å². The number of hydrogen-bond acceptors (Lipinski definition) is 1. The Hall–Kier alpha value is -1.89. The summed E-state index contributed by atoms with van der Waals surface area (Å²) in [6, 6.07) is 17.4. The van der Waals surface area contributed by atoms with Crippen molar-refractivity contribution in [1.82, 2.24) is 0 Å². The molecule has 0 amide bonds. The molecule has 14 heavy (non-hydrogen) atoms. The van der Waals surface area contributed by atoms with Gasteiger partial charge in [0.2, 0.25) is 6.29 Å². The molecule has 0 saturated heterocycles. The summed E-state index contributed by atoms with van der Waals surface area (Å²) in [5.41, 5.74) is 2.75. The molecule has 1 radical (unpaired) electrons. The van der Waals surface area contributed by atoms with Gasteiger partial charge >= 0.3 is 0 Å². The zero-order valence-corrected chi connectivity index (χ0v) is 7.60. The first-order valence-corrected chi connectivity index (χ1v) is 4.44. The number of carbonyl (C=O) groups excluding carboxylic acids is 1. The van der Waals surface area contributed by atoms with Crippen molar-refractivity contribution in [1.29, 1.82) is 0 Å². The molecule has 0 atom stereocenters. The average molecular weight is 181 g/mol. The van der Waals surface area contributed by atoms with Gasteiger partial charge in [-0.25, -0.2) is 0 Å². The molecule has 2 aromatic carbocycles. The van der Waals surface area contributed by atoms with E-state index in [2.05, 4.69) is 0 Å². The highest BCUT2D eigenvalue weighted by atomic mass is 16.1. The standard InChI is InChI=1S/C13H9O/c14-10-11-5-4-8-13(9-11)12-6-2-1-3-7-12/h1-9H. The average Bonchev–Trinajstić information content (AvgIpc) is 2.30. The van der Waals surface area contributed by atoms with E-state index in [-0.39, 0.29) is 0 Å². The van der Waals surface area contributed by atoms with Crippen LogP contribution in [0.1, 0.15) is 5.56 Å². The van der Waals surface area contributed by atoms with Crippen LogP contribution in [-0.4, -0.2) is 6.29 Å². The Labute approximate surface area is 83.0 Å². The fourth-order valence-electron chi connectivity index (χ4n) is 1.39. The van der Waals surface area contributed by atoms with E-state index in [4.69, 9.17) is 0 Å². The summed E-state index contributed by atoms with van der Waals surface area (Å²) in [5.74, 6) is 0. The molecule has 67 valence electrons. The van der Waals surface area contributed by atoms with Crippen LogP contribution in [0.15, 0.2) is 54.6 Å². The Balaban J connectivity index is 2.47. The van der Waals surface area contributed by atoms with Gasteiger partial charge in [0, 0.05) is 5.56 Å². The molecule has 0 spiro atoms. The van der Waals surface area contributed by atoms with Gasteiger partial charge in [0.1, 0.15) is 0 Å². The van der Waals surface area contributed by atoms with Crippen molar-refractivity contribution in [2.75, 3.05) is 0 Å². The van der Waals surface area contributed by atoms with Gasteiger partial charge in [0.15, 0.2) is 0 Å². The normalized spacial score (nSPS) is 9.71. The zero-order valence-electron chi connectivity index (χ0n) is 7.60. The maximum atomic E-state index is 10.5. The lowest BCUT2D eigenvalue weighted by Crippen LogP contribution is -1.81. The molecule has 0 unspecified atom stereocenters. The summed E-state index contributed by atoms with van der Waals surface area (Å²) in [6.45, 7) is 0. The molecule has 0 fully saturated rings. The van der Waals surface area contributed by atoms with Gasteiger partial charge in [0.05, 0.1) is 0 Å². The van der Waals surface area contributed by atoms with E-state index in [1.54, 1.807) is 6.07 Å². The predicted molar refractivity (Wildman–Crippen MR) is 56.7 cm³/mol. The summed E-state index contributed by atoms with van der Waals surface area (Å²) in [6.07, 6.45) is 1.89. The van der Waals surface area contributed by atoms with Gasteiger partial charge in [-0.05, 0) is 17.2 Å². The first-order valence-electron chi connectivity index (χ1n) is 4.44. The van der Waals surface area contributed by atoms with Crippen molar-refractivity contribution in [2.24, 2.45) is 0 Å². The maximum absolute atomic E-state index is 10.5. The van der Waals surface area contributed by atoms with E-state index < -0.39 is 0 Å². The first-order chi connectivity index (χ1) is 6.90. The van der Waals surface area contributed by atoms with Crippen LogP contribution in [0.4, 0.5) is 0 Å². The van der Waals surface area contributed by atoms with Crippen LogP contribution in [-0.2, 0) is 4.79 Å². The largest absolute Gasteiger partial charge is 0.285 e. The lowest BCUT2D eigenvalue weighted by molar-refractivity contribution is 0.563. The van der Waals surface area contributed by atoms with E-state index in [1.807, 2.05) is 54.8 Å². The van der Waals surface area contributed by atoms with Gasteiger partial charge in [-0.3, -0.25) is 4.79 Å². The summed E-state index contributed by atoms with van der Waals surface area (Å²) in [4.78, 5) is 10.5. The Bertz CT molecular complexity index is 432. The molecule has 0 aliphatic heterocycles. The van der Waals surface area contributed by atoms with Crippen LogP contribution in [0.2, 0.25) is 0 Å². The van der Waals surface area contributed by atoms with Crippen LogP contribution >= 0.6 is 0 Å². The SMILES string of the molecule is O=[C]c1cccc(-c2ccccc2)c1. The van der Waals surface area contributed by atoms with Crippen molar-refractivity contribution >= 4 is 6.29 Å². The van der Waals surface area contributed by atoms with Crippen molar-refractivity contribution in [2.45, 2.75) is 0 Å². The summed E-state index contributed by atoms with van der Waals surface area (Å²) in [5, 5.41) is 0. The number of hydrogen-bond donors (Lipinski definition) is 0. The van der Waals surface area contributed by atoms with Gasteiger partial charge in [-0.2, -0.15) is 0 Å². The molecule has 2 aromatic rings. The molecular weight excluding hydrogens is 172 g/mol. The molecule has 0 N–H and O–H groups in total.